The summed E-state index contributed by atoms with van der Waals surface area (Å²) in [6.07, 6.45) is 8.63. The second-order valence-electron chi connectivity index (χ2n) is 6.73. The van der Waals surface area contributed by atoms with E-state index in [0.717, 1.165) is 0 Å². The van der Waals surface area contributed by atoms with Crippen molar-refractivity contribution in [2.75, 3.05) is 27.2 Å². The number of nitrogens with one attached hydrogen (secondary N) is 1. The number of nitroso groups, excluding NO2 is 1. The Balaban J connectivity index is 2.06. The fourth-order valence-electron chi connectivity index (χ4n) is 3.75. The molecule has 0 aromatic carbocycles. The molecular weight excluding hydrogens is 264 g/mol. The molecule has 0 aromatic rings. The lowest BCUT2D eigenvalue weighted by Gasteiger charge is -2.47. The van der Waals surface area contributed by atoms with Crippen molar-refractivity contribution in [3.8, 4) is 0 Å². The van der Waals surface area contributed by atoms with Crippen LogP contribution < -0.4 is 5.32 Å². The summed E-state index contributed by atoms with van der Waals surface area (Å²) in [5.41, 5.74) is 2.62. The van der Waals surface area contributed by atoms with Crippen molar-refractivity contribution < 1.29 is 4.76 Å². The molecule has 1 fully saturated rings. The first-order valence-corrected chi connectivity index (χ1v) is 7.70. The summed E-state index contributed by atoms with van der Waals surface area (Å²) in [5.74, 6) is 1.26. The topological polar surface area (TPSA) is 38.6 Å². The van der Waals surface area contributed by atoms with Gasteiger partial charge >= 0.3 is 0 Å². The molecule has 1 saturated heterocycles. The highest BCUT2D eigenvalue weighted by atomic mass is 16.3. The molecule has 3 atom stereocenters. The lowest BCUT2D eigenvalue weighted by molar-refractivity contribution is -0.559. The molecule has 0 amide bonds. The first-order valence-electron chi connectivity index (χ1n) is 7.70. The molecule has 3 heterocycles. The van der Waals surface area contributed by atoms with Gasteiger partial charge in [0.05, 0.1) is 0 Å². The van der Waals surface area contributed by atoms with E-state index in [9.17, 15) is 4.91 Å². The smallest absolute Gasteiger partial charge is 0.215 e. The highest BCUT2D eigenvalue weighted by Crippen LogP contribution is 2.42. The number of piperidine rings is 1. The van der Waals surface area contributed by atoms with Crippen LogP contribution >= 0.6 is 0 Å². The lowest BCUT2D eigenvalue weighted by atomic mass is 9.70. The van der Waals surface area contributed by atoms with Crippen LogP contribution in [0.2, 0.25) is 0 Å². The fourth-order valence-corrected chi connectivity index (χ4v) is 3.75. The van der Waals surface area contributed by atoms with Crippen molar-refractivity contribution in [3.63, 3.8) is 0 Å². The van der Waals surface area contributed by atoms with Crippen molar-refractivity contribution in [1.29, 1.82) is 0 Å². The molecule has 3 rings (SSSR count). The fraction of sp³-hybridized carbons (Fsp3) is 0.625. The molecule has 0 aromatic heterocycles. The van der Waals surface area contributed by atoms with E-state index in [0.29, 0.717) is 30.8 Å². The summed E-state index contributed by atoms with van der Waals surface area (Å²) in [7, 11) is 4.07. The minimum absolute atomic E-state index is 0.165. The standard InChI is InChI=1S/C16H25N4O/c1-11(2)14-10-19(21)8-12-9-20(18(3)4)16-13(15(12)14)6-5-7-17-16/h5-7,9,11,14-17H,8,10H2,1-4H3/q+1. The van der Waals surface area contributed by atoms with Crippen LogP contribution in [0.4, 0.5) is 0 Å². The summed E-state index contributed by atoms with van der Waals surface area (Å²) in [6, 6.07) is 0. The number of nitrogens with zero attached hydrogens (tertiary/aromatic N) is 3. The van der Waals surface area contributed by atoms with E-state index in [-0.39, 0.29) is 6.17 Å². The van der Waals surface area contributed by atoms with Crippen molar-refractivity contribution in [2.24, 2.45) is 17.8 Å². The third kappa shape index (κ3) is 2.39. The second kappa shape index (κ2) is 5.30. The van der Waals surface area contributed by atoms with Crippen LogP contribution in [0.15, 0.2) is 35.7 Å². The van der Waals surface area contributed by atoms with E-state index < -0.39 is 0 Å². The Morgan fingerprint density at radius 2 is 2.19 bits per heavy atom. The summed E-state index contributed by atoms with van der Waals surface area (Å²) >= 11 is 0. The molecule has 21 heavy (non-hydrogen) atoms. The number of dihydropyridines is 1. The maximum absolute atomic E-state index is 12.1. The lowest BCUT2D eigenvalue weighted by Crippen LogP contribution is -2.56. The Morgan fingerprint density at radius 1 is 1.43 bits per heavy atom. The van der Waals surface area contributed by atoms with Crippen molar-refractivity contribution in [3.05, 3.63) is 40.6 Å². The Bertz CT molecular complexity index is 532. The van der Waals surface area contributed by atoms with Crippen LogP contribution in [0.3, 0.4) is 0 Å². The van der Waals surface area contributed by atoms with E-state index >= 15 is 0 Å². The van der Waals surface area contributed by atoms with Gasteiger partial charge in [-0.15, -0.1) is 0 Å². The van der Waals surface area contributed by atoms with Gasteiger partial charge in [0.1, 0.15) is 6.17 Å². The highest BCUT2D eigenvalue weighted by Gasteiger charge is 2.47. The monoisotopic (exact) mass is 289 g/mol. The van der Waals surface area contributed by atoms with Crippen LogP contribution in [0.5, 0.6) is 0 Å². The SMILES string of the molecule is CC(C)C1C[N+](=O)CC2=CN(N(C)C)C3NC=CC=C3C21. The summed E-state index contributed by atoms with van der Waals surface area (Å²) in [4.78, 5) is 12.1. The molecule has 0 radical (unpaired) electrons. The molecule has 0 spiro atoms. The zero-order valence-electron chi connectivity index (χ0n) is 13.3. The predicted octanol–water partition coefficient (Wildman–Crippen LogP) is 1.71. The van der Waals surface area contributed by atoms with Crippen molar-refractivity contribution in [1.82, 2.24) is 15.3 Å². The molecule has 3 aliphatic heterocycles. The van der Waals surface area contributed by atoms with Crippen LogP contribution in [0, 0.1) is 22.7 Å². The first kappa shape index (κ1) is 14.3. The number of hydrogen-bond acceptors (Lipinski definition) is 4. The molecule has 0 saturated carbocycles. The van der Waals surface area contributed by atoms with Gasteiger partial charge in [-0.05, 0) is 23.8 Å². The maximum atomic E-state index is 12.1. The molecule has 114 valence electrons. The predicted molar refractivity (Wildman–Crippen MR) is 82.9 cm³/mol. The van der Waals surface area contributed by atoms with Gasteiger partial charge in [-0.2, -0.15) is 0 Å². The van der Waals surface area contributed by atoms with Gasteiger partial charge in [0, 0.05) is 47.4 Å². The number of allylic oxidation sites excluding steroid dienone is 2. The molecule has 5 heteroatoms. The third-order valence-electron chi connectivity index (χ3n) is 4.80. The van der Waals surface area contributed by atoms with Gasteiger partial charge in [-0.1, -0.05) is 19.9 Å². The second-order valence-corrected chi connectivity index (χ2v) is 6.73. The minimum atomic E-state index is 0.165. The zero-order valence-corrected chi connectivity index (χ0v) is 13.3. The minimum Gasteiger partial charge on any atom is -0.367 e. The Kier molecular flexibility index (Phi) is 3.61. The molecule has 3 unspecified atom stereocenters. The van der Waals surface area contributed by atoms with E-state index in [2.05, 4.69) is 47.5 Å². The molecule has 3 aliphatic rings. The molecule has 0 bridgehead atoms. The quantitative estimate of drug-likeness (QED) is 0.786. The van der Waals surface area contributed by atoms with Gasteiger partial charge < -0.3 is 5.32 Å². The number of hydrogen-bond donors (Lipinski definition) is 1. The zero-order chi connectivity index (χ0) is 15.1. The van der Waals surface area contributed by atoms with Crippen LogP contribution in [-0.4, -0.2) is 48.1 Å². The summed E-state index contributed by atoms with van der Waals surface area (Å²) in [6.45, 7) is 5.60. The van der Waals surface area contributed by atoms with E-state index in [1.54, 1.807) is 0 Å². The third-order valence-corrected chi connectivity index (χ3v) is 4.80. The Hall–Kier alpha value is -1.62. The van der Waals surface area contributed by atoms with E-state index in [1.165, 1.54) is 15.9 Å². The van der Waals surface area contributed by atoms with Crippen LogP contribution in [0.1, 0.15) is 13.8 Å². The van der Waals surface area contributed by atoms with Gasteiger partial charge in [0.2, 0.25) is 6.54 Å². The normalized spacial score (nSPS) is 31.6. The van der Waals surface area contributed by atoms with Gasteiger partial charge in [-0.25, -0.2) is 5.01 Å². The van der Waals surface area contributed by atoms with Crippen molar-refractivity contribution >= 4 is 0 Å². The number of hydrazine groups is 1. The summed E-state index contributed by atoms with van der Waals surface area (Å²) in [5, 5.41) is 7.71. The van der Waals surface area contributed by atoms with E-state index in [1.807, 2.05) is 20.3 Å². The number of fused-ring (bicyclic) bond motifs is 3. The summed E-state index contributed by atoms with van der Waals surface area (Å²) < 4.78 is 1.22. The highest BCUT2D eigenvalue weighted by molar-refractivity contribution is 5.36. The molecule has 0 aliphatic carbocycles. The number of rotatable bonds is 2. The average Bonchev–Trinajstić information content (AvgIpc) is 2.44. The van der Waals surface area contributed by atoms with Crippen molar-refractivity contribution in [2.45, 2.75) is 20.0 Å². The Morgan fingerprint density at radius 3 is 2.86 bits per heavy atom. The molecule has 5 nitrogen and oxygen atoms in total. The van der Waals surface area contributed by atoms with Crippen LogP contribution in [0.25, 0.3) is 0 Å². The first-order chi connectivity index (χ1) is 9.99. The van der Waals surface area contributed by atoms with Gasteiger partial charge in [0.25, 0.3) is 0 Å². The van der Waals surface area contributed by atoms with Gasteiger partial charge in [-0.3, -0.25) is 5.01 Å². The van der Waals surface area contributed by atoms with E-state index in [4.69, 9.17) is 0 Å². The van der Waals surface area contributed by atoms with Crippen LogP contribution in [-0.2, 0) is 0 Å². The van der Waals surface area contributed by atoms with Gasteiger partial charge in [0.15, 0.2) is 6.54 Å². The average molecular weight is 289 g/mol. The molecule has 1 N–H and O–H groups in total. The molecular formula is C16H25N4O+. The largest absolute Gasteiger partial charge is 0.367 e. The maximum Gasteiger partial charge on any atom is 0.215 e. The Labute approximate surface area is 126 Å².